The van der Waals surface area contributed by atoms with Crippen LogP contribution in [0, 0.1) is 0 Å². The van der Waals surface area contributed by atoms with Gasteiger partial charge < -0.3 is 4.55 Å². The van der Waals surface area contributed by atoms with Gasteiger partial charge in [-0.2, -0.15) is 0 Å². The Morgan fingerprint density at radius 3 is 3.07 bits per heavy atom. The Morgan fingerprint density at radius 2 is 2.13 bits per heavy atom. The molecule has 1 aliphatic heterocycles. The fraction of sp³-hybridized carbons (Fsp3) is 0. The molecule has 1 unspecified atom stereocenters. The van der Waals surface area contributed by atoms with Crippen molar-refractivity contribution in [3.63, 3.8) is 0 Å². The third-order valence-electron chi connectivity index (χ3n) is 2.24. The van der Waals surface area contributed by atoms with Crippen molar-refractivity contribution in [2.45, 2.75) is 4.90 Å². The molecular weight excluding hydrogens is 226 g/mol. The summed E-state index contributed by atoms with van der Waals surface area (Å²) >= 11 is 0.398. The molecule has 0 aliphatic carbocycles. The highest BCUT2D eigenvalue weighted by atomic mass is 32.2. The van der Waals surface area contributed by atoms with Crippen LogP contribution in [0.25, 0.3) is 16.2 Å². The quantitative estimate of drug-likeness (QED) is 0.644. The highest BCUT2D eigenvalue weighted by molar-refractivity contribution is 7.90. The molecule has 15 heavy (non-hydrogen) atoms. The lowest BCUT2D eigenvalue weighted by Crippen LogP contribution is -1.96. The molecule has 0 N–H and O–H groups in total. The summed E-state index contributed by atoms with van der Waals surface area (Å²) < 4.78 is 17.0. The Kier molecular flexibility index (Phi) is 2.12. The zero-order valence-electron chi connectivity index (χ0n) is 7.71. The molecule has 4 heteroatoms. The second-order valence-corrected chi connectivity index (χ2v) is 5.36. The summed E-state index contributed by atoms with van der Waals surface area (Å²) in [4.78, 5) is 1.90. The van der Waals surface area contributed by atoms with Gasteiger partial charge in [-0.25, -0.2) is 0 Å². The van der Waals surface area contributed by atoms with Crippen LogP contribution in [0.5, 0.6) is 0 Å². The van der Waals surface area contributed by atoms with Gasteiger partial charge in [0, 0.05) is 4.70 Å². The first kappa shape index (κ1) is 9.15. The topological polar surface area (TPSA) is 35.4 Å². The van der Waals surface area contributed by atoms with Crippen molar-refractivity contribution in [1.29, 1.82) is 0 Å². The van der Waals surface area contributed by atoms with Gasteiger partial charge in [0.25, 0.3) is 0 Å². The molecule has 1 atom stereocenters. The minimum atomic E-state index is -1.26. The second kappa shape index (κ2) is 3.48. The molecule has 0 radical (unpaired) electrons. The molecule has 2 aromatic rings. The Labute approximate surface area is 94.3 Å². The predicted octanol–water partition coefficient (Wildman–Crippen LogP) is 3.02. The van der Waals surface area contributed by atoms with Gasteiger partial charge in [0.1, 0.15) is 11.4 Å². The lowest BCUT2D eigenvalue weighted by atomic mass is 10.2. The molecule has 0 saturated heterocycles. The normalized spacial score (nSPS) is 19.1. The number of allylic oxidation sites excluding steroid dienone is 1. The van der Waals surface area contributed by atoms with Crippen molar-refractivity contribution in [3.05, 3.63) is 35.2 Å². The minimum absolute atomic E-state index is 0.848. The van der Waals surface area contributed by atoms with E-state index < -0.39 is 11.4 Å². The Hall–Kier alpha value is -1.10. The third-order valence-corrected chi connectivity index (χ3v) is 4.61. The van der Waals surface area contributed by atoms with Gasteiger partial charge >= 0.3 is 0 Å². The summed E-state index contributed by atoms with van der Waals surface area (Å²) in [6.45, 7) is 0. The summed E-state index contributed by atoms with van der Waals surface area (Å²) in [6.07, 6.45) is 5.39. The largest absolute Gasteiger partial charge is 0.586 e. The lowest BCUT2D eigenvalue weighted by Gasteiger charge is -2.00. The van der Waals surface area contributed by atoms with Crippen LogP contribution >= 0.6 is 11.3 Å². The van der Waals surface area contributed by atoms with Gasteiger partial charge in [-0.1, -0.05) is 16.5 Å². The van der Waals surface area contributed by atoms with Crippen LogP contribution in [0.2, 0.25) is 0 Å². The first-order chi connectivity index (χ1) is 7.36. The smallest absolute Gasteiger partial charge is 0.208 e. The van der Waals surface area contributed by atoms with E-state index in [-0.39, 0.29) is 0 Å². The van der Waals surface area contributed by atoms with Gasteiger partial charge in [-0.15, -0.1) is 11.3 Å². The molecule has 1 aromatic carbocycles. The van der Waals surface area contributed by atoms with E-state index in [1.54, 1.807) is 17.6 Å². The van der Waals surface area contributed by atoms with Crippen LogP contribution in [0.3, 0.4) is 0 Å². The van der Waals surface area contributed by atoms with Gasteiger partial charge in [0.2, 0.25) is 4.90 Å². The van der Waals surface area contributed by atoms with E-state index in [0.29, 0.717) is 0 Å². The highest BCUT2D eigenvalue weighted by Gasteiger charge is 2.22. The van der Waals surface area contributed by atoms with Gasteiger partial charge in [0.05, 0.1) is 16.5 Å². The van der Waals surface area contributed by atoms with E-state index in [2.05, 4.69) is 4.40 Å². The number of thiophene rings is 1. The molecule has 0 spiro atoms. The van der Waals surface area contributed by atoms with Crippen LogP contribution in [0.15, 0.2) is 39.6 Å². The van der Waals surface area contributed by atoms with E-state index in [1.807, 2.05) is 36.4 Å². The molecule has 0 amide bonds. The number of nitrogens with zero attached hydrogens (tertiary/aromatic N) is 1. The summed E-state index contributed by atoms with van der Waals surface area (Å²) in [5.41, 5.74) is 0. The third kappa shape index (κ3) is 1.42. The Bertz CT molecular complexity index is 571. The summed E-state index contributed by atoms with van der Waals surface area (Å²) in [5, 5.41) is 1.06. The second-order valence-electron chi connectivity index (χ2n) is 3.15. The van der Waals surface area contributed by atoms with Crippen molar-refractivity contribution in [3.8, 4) is 0 Å². The molecule has 0 saturated carbocycles. The van der Waals surface area contributed by atoms with Crippen molar-refractivity contribution >= 4 is 45.1 Å². The number of rotatable bonds is 0. The van der Waals surface area contributed by atoms with Crippen molar-refractivity contribution in [2.24, 2.45) is 4.40 Å². The number of hydrogen-bond acceptors (Lipinski definition) is 3. The van der Waals surface area contributed by atoms with E-state index in [1.165, 1.54) is 0 Å². The van der Waals surface area contributed by atoms with E-state index >= 15 is 0 Å². The minimum Gasteiger partial charge on any atom is -0.586 e. The maximum atomic E-state index is 11.9. The van der Waals surface area contributed by atoms with Gasteiger partial charge in [-0.3, -0.25) is 0 Å². The van der Waals surface area contributed by atoms with E-state index in [0.717, 1.165) is 19.9 Å². The van der Waals surface area contributed by atoms with E-state index in [9.17, 15) is 4.55 Å². The zero-order valence-corrected chi connectivity index (χ0v) is 9.35. The van der Waals surface area contributed by atoms with Crippen LogP contribution in [0.4, 0.5) is 0 Å². The van der Waals surface area contributed by atoms with Crippen LogP contribution in [0.1, 0.15) is 4.88 Å². The maximum Gasteiger partial charge on any atom is 0.208 e. The maximum absolute atomic E-state index is 11.9. The molecule has 0 fully saturated rings. The molecule has 0 bridgehead atoms. The SMILES string of the molecule is [O-][S+]1N=CC=Cc2sc3ccccc3c21. The lowest BCUT2D eigenvalue weighted by molar-refractivity contribution is 0.598. The summed E-state index contributed by atoms with van der Waals surface area (Å²) in [5.74, 6) is 0. The molecule has 1 aliphatic rings. The van der Waals surface area contributed by atoms with Crippen LogP contribution in [-0.4, -0.2) is 10.8 Å². The number of fused-ring (bicyclic) bond motifs is 3. The summed E-state index contributed by atoms with van der Waals surface area (Å²) in [7, 11) is 0. The average Bonchev–Trinajstić information content (AvgIpc) is 2.53. The molecule has 2 nitrogen and oxygen atoms in total. The highest BCUT2D eigenvalue weighted by Crippen LogP contribution is 2.37. The monoisotopic (exact) mass is 233 g/mol. The molecular formula is C11H7NOS2. The number of benzene rings is 1. The Balaban J connectivity index is 2.38. The fourth-order valence-corrected chi connectivity index (χ4v) is 3.91. The average molecular weight is 233 g/mol. The van der Waals surface area contributed by atoms with E-state index in [4.69, 9.17) is 0 Å². The molecule has 1 aromatic heterocycles. The standard InChI is InChI=1S/C11H7NOS2/c13-15-11-8-4-1-2-5-9(8)14-10(11)6-3-7-12-15/h1-7H. The van der Waals surface area contributed by atoms with Crippen molar-refractivity contribution in [2.75, 3.05) is 0 Å². The van der Waals surface area contributed by atoms with Crippen molar-refractivity contribution in [1.82, 2.24) is 0 Å². The summed E-state index contributed by atoms with van der Waals surface area (Å²) in [6, 6.07) is 8.00. The van der Waals surface area contributed by atoms with Crippen LogP contribution in [-0.2, 0) is 11.4 Å². The van der Waals surface area contributed by atoms with Gasteiger partial charge in [0.15, 0.2) is 0 Å². The van der Waals surface area contributed by atoms with Gasteiger partial charge in [-0.05, 0) is 24.3 Å². The number of hydrogen-bond donors (Lipinski definition) is 0. The first-order valence-corrected chi connectivity index (χ1v) is 6.43. The Morgan fingerprint density at radius 1 is 1.27 bits per heavy atom. The zero-order chi connectivity index (χ0) is 10.3. The predicted molar refractivity (Wildman–Crippen MR) is 65.8 cm³/mol. The van der Waals surface area contributed by atoms with Crippen LogP contribution < -0.4 is 0 Å². The fourth-order valence-electron chi connectivity index (χ4n) is 1.60. The molecule has 3 rings (SSSR count). The first-order valence-electron chi connectivity index (χ1n) is 4.50. The molecule has 74 valence electrons. The van der Waals surface area contributed by atoms with Crippen molar-refractivity contribution < 1.29 is 4.55 Å². The molecule has 2 heterocycles.